The van der Waals surface area contributed by atoms with Crippen LogP contribution in [0.4, 0.5) is 0 Å². The maximum absolute atomic E-state index is 12.6. The molecule has 6 nitrogen and oxygen atoms in total. The Morgan fingerprint density at radius 1 is 1.20 bits per heavy atom. The van der Waals surface area contributed by atoms with E-state index in [9.17, 15) is 13.2 Å². The third kappa shape index (κ3) is 4.41. The molecule has 0 radical (unpaired) electrons. The zero-order valence-corrected chi connectivity index (χ0v) is 15.1. The van der Waals surface area contributed by atoms with E-state index in [4.69, 9.17) is 4.74 Å². The van der Waals surface area contributed by atoms with Crippen molar-refractivity contribution in [1.29, 1.82) is 0 Å². The van der Waals surface area contributed by atoms with Crippen LogP contribution in [0.3, 0.4) is 0 Å². The first-order valence-electron chi connectivity index (χ1n) is 8.56. The van der Waals surface area contributed by atoms with Crippen molar-refractivity contribution >= 4 is 15.7 Å². The fourth-order valence-corrected chi connectivity index (χ4v) is 5.15. The van der Waals surface area contributed by atoms with Crippen molar-refractivity contribution < 1.29 is 17.9 Å². The molecule has 1 unspecified atom stereocenters. The zero-order valence-electron chi connectivity index (χ0n) is 14.3. The highest BCUT2D eigenvalue weighted by Gasteiger charge is 2.34. The van der Waals surface area contributed by atoms with Gasteiger partial charge < -0.3 is 9.64 Å². The third-order valence-corrected chi connectivity index (χ3v) is 6.55. The highest BCUT2D eigenvalue weighted by atomic mass is 32.2. The molecular weight excluding hydrogens is 340 g/mol. The fraction of sp³-hybridized carbons (Fsp3) is 0.500. The molecule has 2 fully saturated rings. The highest BCUT2D eigenvalue weighted by Crippen LogP contribution is 2.20. The lowest BCUT2D eigenvalue weighted by Crippen LogP contribution is -2.52. The second-order valence-corrected chi connectivity index (χ2v) is 8.74. The van der Waals surface area contributed by atoms with Gasteiger partial charge >= 0.3 is 0 Å². The van der Waals surface area contributed by atoms with Crippen molar-refractivity contribution in [3.63, 3.8) is 0 Å². The maximum atomic E-state index is 12.6. The minimum Gasteiger partial charge on any atom is -0.490 e. The average molecular weight is 364 g/mol. The molecule has 0 bridgehead atoms. The summed E-state index contributed by atoms with van der Waals surface area (Å²) in [6, 6.07) is 7.24. The zero-order chi connectivity index (χ0) is 17.9. The molecule has 2 heterocycles. The molecule has 136 valence electrons. The van der Waals surface area contributed by atoms with Crippen molar-refractivity contribution in [1.82, 2.24) is 9.80 Å². The Bertz CT molecular complexity index is 722. The van der Waals surface area contributed by atoms with Gasteiger partial charge in [-0.15, -0.1) is 0 Å². The van der Waals surface area contributed by atoms with Crippen LogP contribution >= 0.6 is 0 Å². The van der Waals surface area contributed by atoms with Crippen LogP contribution in [0.2, 0.25) is 0 Å². The normalized spacial score (nSPS) is 23.4. The smallest absolute Gasteiger partial charge is 0.253 e. The van der Waals surface area contributed by atoms with E-state index in [-0.39, 0.29) is 23.5 Å². The van der Waals surface area contributed by atoms with Crippen molar-refractivity contribution in [2.24, 2.45) is 0 Å². The molecule has 2 saturated heterocycles. The largest absolute Gasteiger partial charge is 0.490 e. The summed E-state index contributed by atoms with van der Waals surface area (Å²) in [5.74, 6) is 1.27. The second-order valence-electron chi connectivity index (χ2n) is 6.51. The molecule has 0 aromatic heterocycles. The van der Waals surface area contributed by atoms with E-state index in [0.29, 0.717) is 37.4 Å². The Balaban J connectivity index is 1.54. The topological polar surface area (TPSA) is 66.9 Å². The molecule has 1 aromatic carbocycles. The minimum absolute atomic E-state index is 0.00830. The summed E-state index contributed by atoms with van der Waals surface area (Å²) in [6.45, 7) is 6.75. The summed E-state index contributed by atoms with van der Waals surface area (Å²) in [4.78, 5) is 16.7. The Kier molecular flexibility index (Phi) is 5.44. The molecule has 3 rings (SSSR count). The van der Waals surface area contributed by atoms with Gasteiger partial charge in [-0.1, -0.05) is 12.7 Å². The number of carbonyl (C=O) groups is 1. The fourth-order valence-electron chi connectivity index (χ4n) is 3.38. The number of rotatable bonds is 5. The van der Waals surface area contributed by atoms with E-state index >= 15 is 0 Å². The van der Waals surface area contributed by atoms with Crippen LogP contribution in [0.15, 0.2) is 36.9 Å². The number of hydrogen-bond donors (Lipinski definition) is 0. The van der Waals surface area contributed by atoms with Gasteiger partial charge in [0.15, 0.2) is 9.84 Å². The molecule has 1 atom stereocenters. The molecule has 1 aromatic rings. The lowest BCUT2D eigenvalue weighted by atomic mass is 10.1. The Morgan fingerprint density at radius 3 is 2.44 bits per heavy atom. The van der Waals surface area contributed by atoms with Gasteiger partial charge in [-0.2, -0.15) is 0 Å². The van der Waals surface area contributed by atoms with Gasteiger partial charge in [0.1, 0.15) is 12.4 Å². The van der Waals surface area contributed by atoms with Gasteiger partial charge in [-0.3, -0.25) is 9.69 Å². The van der Waals surface area contributed by atoms with Crippen LogP contribution in [-0.4, -0.2) is 74.5 Å². The first kappa shape index (κ1) is 17.9. The number of nitrogens with zero attached hydrogens (tertiary/aromatic N) is 2. The molecule has 0 spiro atoms. The van der Waals surface area contributed by atoms with Crippen molar-refractivity contribution in [3.05, 3.63) is 42.5 Å². The van der Waals surface area contributed by atoms with Crippen molar-refractivity contribution in [2.45, 2.75) is 12.5 Å². The van der Waals surface area contributed by atoms with Gasteiger partial charge in [0, 0.05) is 37.8 Å². The predicted octanol–water partition coefficient (Wildman–Crippen LogP) is 1.20. The number of amides is 1. The number of ether oxygens (including phenoxy) is 1. The molecule has 25 heavy (non-hydrogen) atoms. The van der Waals surface area contributed by atoms with Crippen LogP contribution in [0, 0.1) is 0 Å². The number of benzene rings is 1. The van der Waals surface area contributed by atoms with Crippen molar-refractivity contribution in [3.8, 4) is 5.75 Å². The number of carbonyl (C=O) groups excluding carboxylic acids is 1. The lowest BCUT2D eigenvalue weighted by molar-refractivity contribution is 0.0588. The summed E-state index contributed by atoms with van der Waals surface area (Å²) in [6.07, 6.45) is 2.39. The highest BCUT2D eigenvalue weighted by molar-refractivity contribution is 7.91. The summed E-state index contributed by atoms with van der Waals surface area (Å²) in [5.41, 5.74) is 0.642. The summed E-state index contributed by atoms with van der Waals surface area (Å²) < 4.78 is 28.7. The Labute approximate surface area is 149 Å². The van der Waals surface area contributed by atoms with Gasteiger partial charge in [-0.25, -0.2) is 8.42 Å². The van der Waals surface area contributed by atoms with E-state index in [1.807, 2.05) is 4.90 Å². The predicted molar refractivity (Wildman–Crippen MR) is 96.7 cm³/mol. The molecule has 2 aliphatic rings. The first-order chi connectivity index (χ1) is 12.0. The Hall–Kier alpha value is -1.86. The molecule has 2 aliphatic heterocycles. The molecule has 0 aliphatic carbocycles. The van der Waals surface area contributed by atoms with Gasteiger partial charge in [0.2, 0.25) is 0 Å². The molecular formula is C18H24N2O4S. The van der Waals surface area contributed by atoms with Crippen molar-refractivity contribution in [2.75, 3.05) is 44.3 Å². The number of piperazine rings is 1. The minimum atomic E-state index is -2.87. The third-order valence-electron chi connectivity index (χ3n) is 4.80. The van der Waals surface area contributed by atoms with E-state index in [0.717, 1.165) is 13.1 Å². The summed E-state index contributed by atoms with van der Waals surface area (Å²) in [5, 5.41) is 0. The van der Waals surface area contributed by atoms with E-state index in [1.54, 1.807) is 30.3 Å². The van der Waals surface area contributed by atoms with Gasteiger partial charge in [-0.05, 0) is 30.7 Å². The summed E-state index contributed by atoms with van der Waals surface area (Å²) in [7, 11) is -2.87. The van der Waals surface area contributed by atoms with E-state index in [1.165, 1.54) is 0 Å². The number of sulfone groups is 1. The SMILES string of the molecule is C=CCOc1ccc(C(=O)N2CCN(C3CCS(=O)(=O)C3)CC2)cc1. The van der Waals surface area contributed by atoms with E-state index in [2.05, 4.69) is 11.5 Å². The monoisotopic (exact) mass is 364 g/mol. The molecule has 7 heteroatoms. The molecule has 0 N–H and O–H groups in total. The van der Waals surface area contributed by atoms with Gasteiger partial charge in [0.25, 0.3) is 5.91 Å². The second kappa shape index (κ2) is 7.58. The van der Waals surface area contributed by atoms with Crippen LogP contribution in [0.1, 0.15) is 16.8 Å². The Morgan fingerprint density at radius 2 is 1.88 bits per heavy atom. The van der Waals surface area contributed by atoms with Crippen LogP contribution in [-0.2, 0) is 9.84 Å². The lowest BCUT2D eigenvalue weighted by Gasteiger charge is -2.37. The van der Waals surface area contributed by atoms with Crippen LogP contribution < -0.4 is 4.74 Å². The standard InChI is InChI=1S/C18H24N2O4S/c1-2-12-24-17-5-3-15(4-6-17)18(21)20-10-8-19(9-11-20)16-7-13-25(22,23)14-16/h2-6,16H,1,7-14H2. The van der Waals surface area contributed by atoms with E-state index < -0.39 is 9.84 Å². The maximum Gasteiger partial charge on any atom is 0.253 e. The molecule has 1 amide bonds. The average Bonchev–Trinajstić information content (AvgIpc) is 3.00. The first-order valence-corrected chi connectivity index (χ1v) is 10.4. The number of hydrogen-bond acceptors (Lipinski definition) is 5. The van der Waals surface area contributed by atoms with Crippen LogP contribution in [0.25, 0.3) is 0 Å². The summed E-state index contributed by atoms with van der Waals surface area (Å²) >= 11 is 0. The van der Waals surface area contributed by atoms with Gasteiger partial charge in [0.05, 0.1) is 11.5 Å². The molecule has 0 saturated carbocycles. The van der Waals surface area contributed by atoms with Crippen LogP contribution in [0.5, 0.6) is 5.75 Å². The quantitative estimate of drug-likeness (QED) is 0.735.